The highest BCUT2D eigenvalue weighted by atomic mass is 32.2. The predicted octanol–water partition coefficient (Wildman–Crippen LogP) is 0.819. The fraction of sp³-hybridized carbons (Fsp3) is 0.235. The van der Waals surface area contributed by atoms with Crippen LogP contribution in [0.4, 0.5) is 5.69 Å². The van der Waals surface area contributed by atoms with Crippen molar-refractivity contribution < 1.29 is 26.4 Å². The highest BCUT2D eigenvalue weighted by molar-refractivity contribution is 7.92. The number of methoxy groups -OCH3 is 1. The molecule has 4 N–H and O–H groups in total. The van der Waals surface area contributed by atoms with Gasteiger partial charge in [-0.3, -0.25) is 9.52 Å². The number of nitrogens with one attached hydrogen (secondary N) is 2. The number of primary sulfonamides is 1. The van der Waals surface area contributed by atoms with Crippen molar-refractivity contribution in [2.45, 2.75) is 16.7 Å². The first-order valence-corrected chi connectivity index (χ1v) is 11.1. The van der Waals surface area contributed by atoms with Gasteiger partial charge in [0.1, 0.15) is 0 Å². The van der Waals surface area contributed by atoms with Gasteiger partial charge in [0.2, 0.25) is 10.0 Å². The second kappa shape index (κ2) is 8.69. The number of carbonyl (C=O) groups is 1. The lowest BCUT2D eigenvalue weighted by Crippen LogP contribution is -2.28. The minimum absolute atomic E-state index is 0.106. The van der Waals surface area contributed by atoms with Crippen molar-refractivity contribution in [3.63, 3.8) is 0 Å². The van der Waals surface area contributed by atoms with Crippen LogP contribution < -0.4 is 15.2 Å². The average molecular weight is 428 g/mol. The molecule has 9 nitrogen and oxygen atoms in total. The molecule has 0 fully saturated rings. The van der Waals surface area contributed by atoms with Crippen LogP contribution in [0.25, 0.3) is 0 Å². The highest BCUT2D eigenvalue weighted by Gasteiger charge is 2.18. The van der Waals surface area contributed by atoms with Crippen LogP contribution in [-0.4, -0.2) is 43.0 Å². The first-order valence-electron chi connectivity index (χ1n) is 8.08. The number of ether oxygens (including phenoxy) is 1. The van der Waals surface area contributed by atoms with E-state index >= 15 is 0 Å². The molecule has 0 saturated carbocycles. The van der Waals surface area contributed by atoms with E-state index in [1.165, 1.54) is 49.6 Å². The van der Waals surface area contributed by atoms with E-state index < -0.39 is 26.0 Å². The molecule has 11 heteroatoms. The normalized spacial score (nSPS) is 11.8. The van der Waals surface area contributed by atoms with Gasteiger partial charge >= 0.3 is 0 Å². The standard InChI is InChI=1S/C17H21N3O6S2/c1-12-3-6-15(11-16(12)17(21)19-9-10-26-2)28(24,25)20-13-4-7-14(8-5-13)27(18,22)23/h3-8,11,20H,9-10H2,1-2H3,(H,19,21)(H2,18,22,23). The van der Waals surface area contributed by atoms with Crippen molar-refractivity contribution in [2.24, 2.45) is 5.14 Å². The van der Waals surface area contributed by atoms with Crippen LogP contribution in [-0.2, 0) is 24.8 Å². The molecule has 0 spiro atoms. The lowest BCUT2D eigenvalue weighted by molar-refractivity contribution is 0.0936. The third kappa shape index (κ3) is 5.52. The number of sulfonamides is 2. The predicted molar refractivity (Wildman–Crippen MR) is 104 cm³/mol. The Bertz CT molecular complexity index is 1060. The summed E-state index contributed by atoms with van der Waals surface area (Å²) in [5.74, 6) is -0.413. The molecular weight excluding hydrogens is 406 g/mol. The minimum Gasteiger partial charge on any atom is -0.383 e. The van der Waals surface area contributed by atoms with Crippen molar-refractivity contribution >= 4 is 31.6 Å². The first kappa shape index (κ1) is 21.8. The number of benzene rings is 2. The summed E-state index contributed by atoms with van der Waals surface area (Å²) >= 11 is 0. The summed E-state index contributed by atoms with van der Waals surface area (Å²) in [4.78, 5) is 12.0. The Morgan fingerprint density at radius 2 is 1.64 bits per heavy atom. The van der Waals surface area contributed by atoms with Gasteiger partial charge in [0, 0.05) is 24.9 Å². The Kier molecular flexibility index (Phi) is 6.77. The first-order chi connectivity index (χ1) is 13.0. The lowest BCUT2D eigenvalue weighted by atomic mass is 10.1. The Morgan fingerprint density at radius 1 is 1.04 bits per heavy atom. The van der Waals surface area contributed by atoms with Gasteiger partial charge in [0.15, 0.2) is 0 Å². The quantitative estimate of drug-likeness (QED) is 0.532. The van der Waals surface area contributed by atoms with E-state index in [1.54, 1.807) is 6.92 Å². The maximum atomic E-state index is 12.6. The topological polar surface area (TPSA) is 145 Å². The summed E-state index contributed by atoms with van der Waals surface area (Å²) in [7, 11) is -6.36. The summed E-state index contributed by atoms with van der Waals surface area (Å²) in [6.45, 7) is 2.32. The number of amides is 1. The molecule has 0 radical (unpaired) electrons. The fourth-order valence-electron chi connectivity index (χ4n) is 2.30. The summed E-state index contributed by atoms with van der Waals surface area (Å²) in [5, 5.41) is 7.66. The number of nitrogens with two attached hydrogens (primary N) is 1. The molecule has 2 rings (SSSR count). The smallest absolute Gasteiger partial charge is 0.261 e. The number of carbonyl (C=O) groups excluding carboxylic acids is 1. The summed E-state index contributed by atoms with van der Waals surface area (Å²) in [6, 6.07) is 9.13. The van der Waals surface area contributed by atoms with E-state index in [-0.39, 0.29) is 21.0 Å². The van der Waals surface area contributed by atoms with Gasteiger partial charge in [-0.05, 0) is 48.9 Å². The molecule has 0 atom stereocenters. The minimum atomic E-state index is -3.99. The van der Waals surface area contributed by atoms with Gasteiger partial charge in [-0.1, -0.05) is 6.07 Å². The van der Waals surface area contributed by atoms with Crippen LogP contribution in [0, 0.1) is 6.92 Å². The van der Waals surface area contributed by atoms with Crippen LogP contribution in [0.2, 0.25) is 0 Å². The Balaban J connectivity index is 2.25. The summed E-state index contributed by atoms with van der Waals surface area (Å²) in [6.07, 6.45) is 0. The van der Waals surface area contributed by atoms with Crippen LogP contribution in [0.1, 0.15) is 15.9 Å². The average Bonchev–Trinajstić information content (AvgIpc) is 2.61. The van der Waals surface area contributed by atoms with Crippen molar-refractivity contribution in [2.75, 3.05) is 25.0 Å². The van der Waals surface area contributed by atoms with E-state index in [4.69, 9.17) is 9.88 Å². The summed E-state index contributed by atoms with van der Waals surface area (Å²) in [5.41, 5.74) is 0.994. The van der Waals surface area contributed by atoms with Gasteiger partial charge in [0.05, 0.1) is 16.4 Å². The van der Waals surface area contributed by atoms with E-state index in [1.807, 2.05) is 0 Å². The highest BCUT2D eigenvalue weighted by Crippen LogP contribution is 2.20. The molecule has 0 aliphatic carbocycles. The molecule has 0 aliphatic heterocycles. The van der Waals surface area contributed by atoms with Crippen molar-refractivity contribution in [1.29, 1.82) is 0 Å². The largest absolute Gasteiger partial charge is 0.383 e. The molecule has 0 unspecified atom stereocenters. The van der Waals surface area contributed by atoms with Crippen molar-refractivity contribution in [3.05, 3.63) is 53.6 Å². The third-order valence-electron chi connectivity index (χ3n) is 3.79. The SMILES string of the molecule is COCCNC(=O)c1cc(S(=O)(=O)Nc2ccc(S(N)(=O)=O)cc2)ccc1C. The fourth-order valence-corrected chi connectivity index (χ4v) is 3.90. The molecule has 0 aromatic heterocycles. The number of anilines is 1. The molecule has 2 aromatic carbocycles. The molecule has 0 aliphatic rings. The monoisotopic (exact) mass is 427 g/mol. The maximum Gasteiger partial charge on any atom is 0.261 e. The third-order valence-corrected chi connectivity index (χ3v) is 6.10. The van der Waals surface area contributed by atoms with Crippen LogP contribution >= 0.6 is 0 Å². The van der Waals surface area contributed by atoms with Gasteiger partial charge in [0.25, 0.3) is 15.9 Å². The van der Waals surface area contributed by atoms with E-state index in [2.05, 4.69) is 10.0 Å². The molecule has 1 amide bonds. The van der Waals surface area contributed by atoms with E-state index in [9.17, 15) is 21.6 Å². The molecule has 2 aromatic rings. The Hall–Kier alpha value is -2.47. The van der Waals surface area contributed by atoms with E-state index in [0.29, 0.717) is 18.7 Å². The molecule has 28 heavy (non-hydrogen) atoms. The van der Waals surface area contributed by atoms with Crippen LogP contribution in [0.15, 0.2) is 52.3 Å². The van der Waals surface area contributed by atoms with Gasteiger partial charge in [-0.15, -0.1) is 0 Å². The summed E-state index contributed by atoms with van der Waals surface area (Å²) < 4.78 is 55.0. The van der Waals surface area contributed by atoms with E-state index in [0.717, 1.165) is 0 Å². The molecule has 0 saturated heterocycles. The molecule has 0 bridgehead atoms. The molecule has 0 heterocycles. The Labute approximate surface area is 164 Å². The maximum absolute atomic E-state index is 12.6. The number of aryl methyl sites for hydroxylation is 1. The van der Waals surface area contributed by atoms with Crippen molar-refractivity contribution in [1.82, 2.24) is 5.32 Å². The zero-order valence-electron chi connectivity index (χ0n) is 15.3. The Morgan fingerprint density at radius 3 is 2.21 bits per heavy atom. The van der Waals surface area contributed by atoms with Gasteiger partial charge < -0.3 is 10.1 Å². The second-order valence-electron chi connectivity index (χ2n) is 5.90. The molecular formula is C17H21N3O6S2. The van der Waals surface area contributed by atoms with Crippen LogP contribution in [0.5, 0.6) is 0 Å². The number of hydrogen-bond acceptors (Lipinski definition) is 6. The number of rotatable bonds is 8. The zero-order chi connectivity index (χ0) is 20.9. The second-order valence-corrected chi connectivity index (χ2v) is 9.14. The lowest BCUT2D eigenvalue weighted by Gasteiger charge is -2.12. The van der Waals surface area contributed by atoms with Crippen molar-refractivity contribution in [3.8, 4) is 0 Å². The number of hydrogen-bond donors (Lipinski definition) is 3. The van der Waals surface area contributed by atoms with Gasteiger partial charge in [-0.25, -0.2) is 22.0 Å². The molecule has 152 valence electrons. The van der Waals surface area contributed by atoms with Gasteiger partial charge in [-0.2, -0.15) is 0 Å². The zero-order valence-corrected chi connectivity index (χ0v) is 16.9. The van der Waals surface area contributed by atoms with Crippen LogP contribution in [0.3, 0.4) is 0 Å².